The molecule has 2 unspecified atom stereocenters. The Bertz CT molecular complexity index is 1840. The number of carbonyl (C=O) groups is 4. The SMILES string of the molecule is CCCCCCCCCCCCCCCCCCCCC(=O)O[C@H](COC(=O)CCCCCCCCCCCCCCCCCCC)COP(=O)(O)OC[C@@H](O)COP(=O)(O)OC[C@@H](COC(=O)CCCCCCCCCC(C)C)OC(=O)CCCCCCCCCC(C)C. The van der Waals surface area contributed by atoms with Crippen LogP contribution in [0.25, 0.3) is 0 Å². The summed E-state index contributed by atoms with van der Waals surface area (Å²) in [6, 6.07) is 0. The fourth-order valence-corrected chi connectivity index (χ4v) is 13.2. The minimum absolute atomic E-state index is 0.103. The highest BCUT2D eigenvalue weighted by Gasteiger charge is 2.30. The van der Waals surface area contributed by atoms with Gasteiger partial charge in [-0.05, 0) is 37.5 Å². The van der Waals surface area contributed by atoms with Gasteiger partial charge in [-0.1, -0.05) is 343 Å². The molecule has 0 bridgehead atoms. The van der Waals surface area contributed by atoms with E-state index in [1.165, 1.54) is 205 Å². The van der Waals surface area contributed by atoms with Gasteiger partial charge in [0, 0.05) is 25.7 Å². The van der Waals surface area contributed by atoms with Gasteiger partial charge in [0.15, 0.2) is 12.2 Å². The van der Waals surface area contributed by atoms with Crippen molar-refractivity contribution in [3.8, 4) is 0 Å². The smallest absolute Gasteiger partial charge is 0.462 e. The maximum atomic E-state index is 13.1. The van der Waals surface area contributed by atoms with E-state index in [0.29, 0.717) is 37.5 Å². The molecule has 0 aliphatic heterocycles. The van der Waals surface area contributed by atoms with Crippen molar-refractivity contribution in [1.29, 1.82) is 0 Å². The summed E-state index contributed by atoms with van der Waals surface area (Å²) in [5.74, 6) is -0.718. The number of phosphoric acid groups is 2. The van der Waals surface area contributed by atoms with Crippen LogP contribution in [0.5, 0.6) is 0 Å². The van der Waals surface area contributed by atoms with Crippen LogP contribution < -0.4 is 0 Å². The Morgan fingerprint density at radius 1 is 0.284 bits per heavy atom. The summed E-state index contributed by atoms with van der Waals surface area (Å²) >= 11 is 0. The molecule has 564 valence electrons. The van der Waals surface area contributed by atoms with E-state index in [9.17, 15) is 43.2 Å². The van der Waals surface area contributed by atoms with E-state index in [1.54, 1.807) is 0 Å². The lowest BCUT2D eigenvalue weighted by molar-refractivity contribution is -0.161. The van der Waals surface area contributed by atoms with Crippen molar-refractivity contribution >= 4 is 39.5 Å². The van der Waals surface area contributed by atoms with Gasteiger partial charge in [0.2, 0.25) is 0 Å². The molecule has 0 aromatic carbocycles. The van der Waals surface area contributed by atoms with E-state index in [2.05, 4.69) is 41.5 Å². The van der Waals surface area contributed by atoms with Crippen LogP contribution in [0.3, 0.4) is 0 Å². The van der Waals surface area contributed by atoms with Crippen LogP contribution in [0.1, 0.15) is 395 Å². The minimum Gasteiger partial charge on any atom is -0.462 e. The number of esters is 4. The van der Waals surface area contributed by atoms with Crippen molar-refractivity contribution in [3.63, 3.8) is 0 Å². The minimum atomic E-state index is -4.96. The zero-order valence-electron chi connectivity index (χ0n) is 62.0. The quantitative estimate of drug-likeness (QED) is 0.0222. The zero-order chi connectivity index (χ0) is 70.0. The van der Waals surface area contributed by atoms with E-state index < -0.39 is 97.5 Å². The Kier molecular flexibility index (Phi) is 66.5. The molecular weight excluding hydrogens is 1250 g/mol. The van der Waals surface area contributed by atoms with Crippen molar-refractivity contribution in [1.82, 2.24) is 0 Å². The number of ether oxygens (including phenoxy) is 4. The Balaban J connectivity index is 5.22. The standard InChI is InChI=1S/C76H148O17P2/c1-7-9-11-13-15-17-19-21-23-25-27-29-31-33-35-41-48-54-60-75(80)92-71(64-86-73(78)58-52-46-40-34-32-30-28-26-24-22-20-18-16-14-12-10-8-2)66-90-94(82,83)88-62-70(77)63-89-95(84,85)91-67-72(93-76(81)61-55-49-43-37-39-45-51-57-69(5)6)65-87-74(79)59-53-47-42-36-38-44-50-56-68(3)4/h68-72,77H,7-67H2,1-6H3,(H,82,83)(H,84,85)/t70-,71-,72-/m1/s1. The Hall–Kier alpha value is -1.94. The van der Waals surface area contributed by atoms with Crippen LogP contribution in [-0.2, 0) is 65.4 Å². The van der Waals surface area contributed by atoms with Crippen LogP contribution in [0.2, 0.25) is 0 Å². The van der Waals surface area contributed by atoms with Gasteiger partial charge in [-0.2, -0.15) is 0 Å². The van der Waals surface area contributed by atoms with Crippen LogP contribution in [0, 0.1) is 11.8 Å². The molecule has 0 fully saturated rings. The van der Waals surface area contributed by atoms with E-state index in [1.807, 2.05) is 0 Å². The summed E-state index contributed by atoms with van der Waals surface area (Å²) in [6.45, 7) is 9.47. The van der Waals surface area contributed by atoms with Crippen LogP contribution in [0.15, 0.2) is 0 Å². The van der Waals surface area contributed by atoms with Crippen molar-refractivity contribution in [2.75, 3.05) is 39.6 Å². The third kappa shape index (κ3) is 70.3. The predicted molar refractivity (Wildman–Crippen MR) is 386 cm³/mol. The first kappa shape index (κ1) is 93.1. The molecule has 19 heteroatoms. The average Bonchev–Trinajstić information content (AvgIpc) is 1.55. The highest BCUT2D eigenvalue weighted by atomic mass is 31.2. The lowest BCUT2D eigenvalue weighted by atomic mass is 10.0. The van der Waals surface area contributed by atoms with Gasteiger partial charge in [-0.25, -0.2) is 9.13 Å². The third-order valence-corrected chi connectivity index (χ3v) is 19.6. The van der Waals surface area contributed by atoms with Crippen LogP contribution in [-0.4, -0.2) is 96.7 Å². The molecule has 0 aromatic rings. The summed E-state index contributed by atoms with van der Waals surface area (Å²) in [5, 5.41) is 10.6. The number of aliphatic hydroxyl groups is 1. The van der Waals surface area contributed by atoms with E-state index in [0.717, 1.165) is 96.3 Å². The molecule has 0 spiro atoms. The zero-order valence-corrected chi connectivity index (χ0v) is 63.8. The second-order valence-electron chi connectivity index (χ2n) is 28.3. The van der Waals surface area contributed by atoms with Crippen molar-refractivity contribution in [2.24, 2.45) is 11.8 Å². The summed E-state index contributed by atoms with van der Waals surface area (Å²) in [6.07, 6.45) is 55.8. The highest BCUT2D eigenvalue weighted by Crippen LogP contribution is 2.45. The number of unbranched alkanes of at least 4 members (excludes halogenated alkanes) is 45. The lowest BCUT2D eigenvalue weighted by Crippen LogP contribution is -2.30. The molecule has 5 atom stereocenters. The maximum absolute atomic E-state index is 13.1. The van der Waals surface area contributed by atoms with E-state index >= 15 is 0 Å². The first-order chi connectivity index (χ1) is 45.9. The normalized spacial score (nSPS) is 14.0. The number of rotatable bonds is 75. The second kappa shape index (κ2) is 67.9. The molecule has 0 saturated heterocycles. The molecule has 3 N–H and O–H groups in total. The van der Waals surface area contributed by atoms with Gasteiger partial charge in [-0.15, -0.1) is 0 Å². The summed E-state index contributed by atoms with van der Waals surface area (Å²) in [4.78, 5) is 72.7. The first-order valence-corrected chi connectivity index (χ1v) is 42.5. The van der Waals surface area contributed by atoms with Gasteiger partial charge in [0.1, 0.15) is 19.3 Å². The summed E-state index contributed by atoms with van der Waals surface area (Å²) in [5.41, 5.74) is 0. The van der Waals surface area contributed by atoms with Crippen LogP contribution in [0.4, 0.5) is 0 Å². The first-order valence-electron chi connectivity index (χ1n) is 39.5. The molecule has 0 aromatic heterocycles. The topological polar surface area (TPSA) is 237 Å². The summed E-state index contributed by atoms with van der Waals surface area (Å²) < 4.78 is 68.5. The van der Waals surface area contributed by atoms with Gasteiger partial charge in [0.05, 0.1) is 26.4 Å². The fourth-order valence-electron chi connectivity index (χ4n) is 11.7. The largest absolute Gasteiger partial charge is 0.472 e. The monoisotopic (exact) mass is 1400 g/mol. The number of hydrogen-bond donors (Lipinski definition) is 3. The third-order valence-electron chi connectivity index (χ3n) is 17.7. The number of phosphoric ester groups is 2. The molecular formula is C76H148O17P2. The van der Waals surface area contributed by atoms with Gasteiger partial charge < -0.3 is 33.8 Å². The average molecular weight is 1400 g/mol. The molecule has 0 radical (unpaired) electrons. The Morgan fingerprint density at radius 3 is 0.716 bits per heavy atom. The Labute approximate surface area is 581 Å². The molecule has 0 aliphatic rings. The van der Waals surface area contributed by atoms with E-state index in [-0.39, 0.29) is 25.7 Å². The Morgan fingerprint density at radius 2 is 0.484 bits per heavy atom. The molecule has 0 rings (SSSR count). The fraction of sp³-hybridized carbons (Fsp3) is 0.947. The van der Waals surface area contributed by atoms with E-state index in [4.69, 9.17) is 37.0 Å². The predicted octanol–water partition coefficient (Wildman–Crippen LogP) is 22.3. The molecule has 0 amide bonds. The summed E-state index contributed by atoms with van der Waals surface area (Å²) in [7, 11) is -9.91. The molecule has 0 heterocycles. The molecule has 95 heavy (non-hydrogen) atoms. The lowest BCUT2D eigenvalue weighted by Gasteiger charge is -2.21. The number of carbonyl (C=O) groups excluding carboxylic acids is 4. The number of aliphatic hydroxyl groups excluding tert-OH is 1. The van der Waals surface area contributed by atoms with Gasteiger partial charge in [-0.3, -0.25) is 37.3 Å². The molecule has 0 saturated carbocycles. The van der Waals surface area contributed by atoms with Gasteiger partial charge in [0.25, 0.3) is 0 Å². The van der Waals surface area contributed by atoms with Crippen LogP contribution >= 0.6 is 15.6 Å². The maximum Gasteiger partial charge on any atom is 0.472 e. The van der Waals surface area contributed by atoms with Crippen molar-refractivity contribution < 1.29 is 80.2 Å². The molecule has 0 aliphatic carbocycles. The van der Waals surface area contributed by atoms with Crippen molar-refractivity contribution in [2.45, 2.75) is 413 Å². The highest BCUT2D eigenvalue weighted by molar-refractivity contribution is 7.47. The van der Waals surface area contributed by atoms with Gasteiger partial charge >= 0.3 is 39.5 Å². The number of hydrogen-bond acceptors (Lipinski definition) is 15. The second-order valence-corrected chi connectivity index (χ2v) is 31.3. The molecule has 17 nitrogen and oxygen atoms in total. The van der Waals surface area contributed by atoms with Crippen molar-refractivity contribution in [3.05, 3.63) is 0 Å².